The highest BCUT2D eigenvalue weighted by Gasteiger charge is 2.32. The van der Waals surface area contributed by atoms with E-state index in [-0.39, 0.29) is 38.0 Å². The van der Waals surface area contributed by atoms with Gasteiger partial charge in [-0.15, -0.1) is 5.10 Å². The van der Waals surface area contributed by atoms with Gasteiger partial charge in [-0.25, -0.2) is 21.6 Å². The molecule has 11 nitrogen and oxygen atoms in total. The largest absolute Gasteiger partial charge is 0.319 e. The first-order chi connectivity index (χ1) is 16.2. The highest BCUT2D eigenvalue weighted by Crippen LogP contribution is 2.31. The maximum Gasteiger partial charge on any atom is 0.295 e. The predicted molar refractivity (Wildman–Crippen MR) is 124 cm³/mol. The Labute approximate surface area is 200 Å². The van der Waals surface area contributed by atoms with Crippen LogP contribution < -0.4 is 10.0 Å². The third-order valence-corrected chi connectivity index (χ3v) is 9.30. The van der Waals surface area contributed by atoms with Crippen molar-refractivity contribution in [1.29, 1.82) is 0 Å². The standard InChI is InChI=1S/C20H19ClN6O5S2/c21-14-9-8-13(12-17(14)34(31,32)26-10-4-1-5-11-26)22-19(28)18-23-20-25-33(29,30)16-7-3-2-6-15(16)27(20)24-18/h2-3,6-9,12H,1,4-5,10-11H2,(H,22,28)(H,23,24,25). The summed E-state index contributed by atoms with van der Waals surface area (Å²) in [5.74, 6) is -1.18. The molecule has 0 radical (unpaired) electrons. The summed E-state index contributed by atoms with van der Waals surface area (Å²) in [6.07, 6.45) is 2.52. The third-order valence-electron chi connectivity index (χ3n) is 5.54. The summed E-state index contributed by atoms with van der Waals surface area (Å²) < 4.78 is 55.9. The second kappa shape index (κ2) is 8.34. The Morgan fingerprint density at radius 1 is 1.09 bits per heavy atom. The molecule has 5 rings (SSSR count). The number of hydrogen-bond donors (Lipinski definition) is 2. The van der Waals surface area contributed by atoms with Crippen LogP contribution in [-0.4, -0.2) is 54.9 Å². The minimum atomic E-state index is -3.86. The summed E-state index contributed by atoms with van der Waals surface area (Å²) in [5, 5.41) is 6.74. The van der Waals surface area contributed by atoms with Gasteiger partial charge < -0.3 is 5.32 Å². The average molecular weight is 523 g/mol. The van der Waals surface area contributed by atoms with Crippen molar-refractivity contribution >= 4 is 49.2 Å². The molecule has 0 atom stereocenters. The summed E-state index contributed by atoms with van der Waals surface area (Å²) in [6.45, 7) is 0.827. The zero-order valence-electron chi connectivity index (χ0n) is 17.6. The summed E-state index contributed by atoms with van der Waals surface area (Å²) >= 11 is 6.19. The van der Waals surface area contributed by atoms with Crippen LogP contribution in [0.25, 0.3) is 5.69 Å². The van der Waals surface area contributed by atoms with Crippen molar-refractivity contribution in [2.45, 2.75) is 29.1 Å². The van der Waals surface area contributed by atoms with Gasteiger partial charge in [-0.3, -0.25) is 4.79 Å². The fraction of sp³-hybridized carbons (Fsp3) is 0.250. The van der Waals surface area contributed by atoms with Gasteiger partial charge >= 0.3 is 0 Å². The fourth-order valence-corrected chi connectivity index (χ4v) is 7.07. The Morgan fingerprint density at radius 3 is 2.59 bits per heavy atom. The lowest BCUT2D eigenvalue weighted by molar-refractivity contribution is 0.101. The molecule has 178 valence electrons. The predicted octanol–water partition coefficient (Wildman–Crippen LogP) is 2.46. The highest BCUT2D eigenvalue weighted by molar-refractivity contribution is 7.93. The first-order valence-corrected chi connectivity index (χ1v) is 13.7. The normalized spacial score (nSPS) is 17.3. The van der Waals surface area contributed by atoms with Crippen molar-refractivity contribution in [2.24, 2.45) is 0 Å². The first-order valence-electron chi connectivity index (χ1n) is 10.4. The van der Waals surface area contributed by atoms with Crippen molar-refractivity contribution in [3.05, 3.63) is 53.3 Å². The van der Waals surface area contributed by atoms with Crippen LogP contribution in [0.1, 0.15) is 29.9 Å². The molecular formula is C20H19ClN6O5S2. The Kier molecular flexibility index (Phi) is 5.59. The molecule has 0 aliphatic carbocycles. The van der Waals surface area contributed by atoms with E-state index in [1.54, 1.807) is 18.2 Å². The zero-order chi connectivity index (χ0) is 24.1. The molecule has 3 aromatic rings. The lowest BCUT2D eigenvalue weighted by atomic mass is 10.2. The molecule has 2 aliphatic heterocycles. The second-order valence-electron chi connectivity index (χ2n) is 7.81. The number of amides is 1. The van der Waals surface area contributed by atoms with Gasteiger partial charge in [0.05, 0.1) is 10.7 Å². The molecule has 0 unspecified atom stereocenters. The first kappa shape index (κ1) is 22.8. The molecule has 2 N–H and O–H groups in total. The fourth-order valence-electron chi connectivity index (χ4n) is 3.89. The van der Waals surface area contributed by atoms with Gasteiger partial charge in [0.15, 0.2) is 0 Å². The molecule has 0 spiro atoms. The minimum Gasteiger partial charge on any atom is -0.319 e. The molecule has 34 heavy (non-hydrogen) atoms. The van der Waals surface area contributed by atoms with Crippen molar-refractivity contribution in [2.75, 3.05) is 23.1 Å². The van der Waals surface area contributed by atoms with E-state index in [1.165, 1.54) is 33.3 Å². The van der Waals surface area contributed by atoms with Crippen LogP contribution >= 0.6 is 11.6 Å². The molecule has 0 saturated carbocycles. The van der Waals surface area contributed by atoms with Gasteiger partial charge in [-0.05, 0) is 43.2 Å². The van der Waals surface area contributed by atoms with E-state index in [0.29, 0.717) is 13.1 Å². The lowest BCUT2D eigenvalue weighted by Crippen LogP contribution is -2.35. The number of halogens is 1. The van der Waals surface area contributed by atoms with Crippen LogP contribution in [0.3, 0.4) is 0 Å². The minimum absolute atomic E-state index is 0.00428. The molecule has 1 fully saturated rings. The molecule has 2 aliphatic rings. The molecular weight excluding hydrogens is 504 g/mol. The Hall–Kier alpha value is -3.00. The van der Waals surface area contributed by atoms with Crippen molar-refractivity contribution < 1.29 is 21.6 Å². The number of nitrogens with zero attached hydrogens (tertiary/aromatic N) is 4. The number of para-hydroxylation sites is 1. The SMILES string of the molecule is O=C(Nc1ccc(Cl)c(S(=O)(=O)N2CCCCC2)c1)c1nc2n(n1)-c1ccccc1S(=O)(=O)N2. The maximum absolute atomic E-state index is 13.1. The van der Waals surface area contributed by atoms with E-state index in [0.717, 1.165) is 19.3 Å². The number of aromatic nitrogens is 3. The van der Waals surface area contributed by atoms with E-state index in [2.05, 4.69) is 20.1 Å². The van der Waals surface area contributed by atoms with Crippen LogP contribution in [0.15, 0.2) is 52.3 Å². The number of anilines is 2. The van der Waals surface area contributed by atoms with Crippen LogP contribution in [-0.2, 0) is 20.0 Å². The van der Waals surface area contributed by atoms with E-state index in [1.807, 2.05) is 0 Å². The third kappa shape index (κ3) is 3.94. The van der Waals surface area contributed by atoms with E-state index < -0.39 is 26.0 Å². The van der Waals surface area contributed by atoms with E-state index in [9.17, 15) is 21.6 Å². The number of sulfonamides is 2. The summed E-state index contributed by atoms with van der Waals surface area (Å²) in [5.41, 5.74) is 0.433. The van der Waals surface area contributed by atoms with Crippen LogP contribution in [0.2, 0.25) is 5.02 Å². The molecule has 1 amide bonds. The van der Waals surface area contributed by atoms with E-state index in [4.69, 9.17) is 11.6 Å². The topological polar surface area (TPSA) is 143 Å². The Balaban J connectivity index is 1.44. The molecule has 2 aromatic carbocycles. The number of benzene rings is 2. The number of fused-ring (bicyclic) bond motifs is 3. The lowest BCUT2D eigenvalue weighted by Gasteiger charge is -2.26. The van der Waals surface area contributed by atoms with Gasteiger partial charge in [0.25, 0.3) is 15.9 Å². The zero-order valence-corrected chi connectivity index (χ0v) is 20.0. The second-order valence-corrected chi connectivity index (χ2v) is 11.8. The van der Waals surface area contributed by atoms with Crippen molar-refractivity contribution in [3.8, 4) is 5.69 Å². The molecule has 14 heteroatoms. The summed E-state index contributed by atoms with van der Waals surface area (Å²) in [6, 6.07) is 10.3. The van der Waals surface area contributed by atoms with Crippen LogP contribution in [0.4, 0.5) is 11.6 Å². The number of hydrogen-bond acceptors (Lipinski definition) is 7. The number of nitrogens with one attached hydrogen (secondary N) is 2. The Morgan fingerprint density at radius 2 is 1.82 bits per heavy atom. The highest BCUT2D eigenvalue weighted by atomic mass is 35.5. The molecule has 3 heterocycles. The summed E-state index contributed by atoms with van der Waals surface area (Å²) in [7, 11) is -7.68. The summed E-state index contributed by atoms with van der Waals surface area (Å²) in [4.78, 5) is 16.7. The van der Waals surface area contributed by atoms with Gasteiger partial charge in [0.1, 0.15) is 9.79 Å². The van der Waals surface area contributed by atoms with Crippen molar-refractivity contribution in [3.63, 3.8) is 0 Å². The van der Waals surface area contributed by atoms with Crippen molar-refractivity contribution in [1.82, 2.24) is 19.1 Å². The Bertz CT molecular complexity index is 1510. The van der Waals surface area contributed by atoms with Crippen LogP contribution in [0.5, 0.6) is 0 Å². The molecule has 1 aromatic heterocycles. The van der Waals surface area contributed by atoms with Gasteiger partial charge in [0.2, 0.25) is 21.8 Å². The number of carbonyl (C=O) groups excluding carboxylic acids is 1. The van der Waals surface area contributed by atoms with Gasteiger partial charge in [0, 0.05) is 18.8 Å². The average Bonchev–Trinajstić information content (AvgIpc) is 3.24. The smallest absolute Gasteiger partial charge is 0.295 e. The number of carbonyl (C=O) groups is 1. The molecule has 1 saturated heterocycles. The maximum atomic E-state index is 13.1. The van der Waals surface area contributed by atoms with E-state index >= 15 is 0 Å². The van der Waals surface area contributed by atoms with Crippen LogP contribution in [0, 0.1) is 0 Å². The monoisotopic (exact) mass is 522 g/mol. The van der Waals surface area contributed by atoms with Gasteiger partial charge in [-0.1, -0.05) is 30.2 Å². The quantitative estimate of drug-likeness (QED) is 0.535. The number of piperidine rings is 1. The number of rotatable bonds is 4. The van der Waals surface area contributed by atoms with Gasteiger partial charge in [-0.2, -0.15) is 14.0 Å². The molecule has 0 bridgehead atoms.